The van der Waals surface area contributed by atoms with Crippen molar-refractivity contribution in [3.63, 3.8) is 0 Å². The van der Waals surface area contributed by atoms with Gasteiger partial charge in [0.25, 0.3) is 0 Å². The first-order valence-corrected chi connectivity index (χ1v) is 7.39. The molecule has 1 aromatic rings. The SMILES string of the molecule is NC(=O)c1cccc(NC2CCCC(C3CC3)C2)c1. The Morgan fingerprint density at radius 1 is 1.16 bits per heavy atom. The third-order valence-corrected chi connectivity index (χ3v) is 4.52. The minimum atomic E-state index is -0.358. The topological polar surface area (TPSA) is 55.1 Å². The zero-order chi connectivity index (χ0) is 13.2. The van der Waals surface area contributed by atoms with Crippen molar-refractivity contribution in [2.45, 2.75) is 44.6 Å². The Labute approximate surface area is 114 Å². The molecule has 1 amide bonds. The van der Waals surface area contributed by atoms with Gasteiger partial charge in [-0.25, -0.2) is 0 Å². The number of rotatable bonds is 4. The number of carbonyl (C=O) groups excluding carboxylic acids is 1. The van der Waals surface area contributed by atoms with Crippen LogP contribution in [0.15, 0.2) is 24.3 Å². The van der Waals surface area contributed by atoms with Gasteiger partial charge < -0.3 is 11.1 Å². The summed E-state index contributed by atoms with van der Waals surface area (Å²) in [6.45, 7) is 0. The van der Waals surface area contributed by atoms with Crippen LogP contribution < -0.4 is 11.1 Å². The Balaban J connectivity index is 1.63. The van der Waals surface area contributed by atoms with E-state index in [4.69, 9.17) is 5.73 Å². The van der Waals surface area contributed by atoms with E-state index in [1.165, 1.54) is 38.5 Å². The summed E-state index contributed by atoms with van der Waals surface area (Å²) >= 11 is 0. The number of hydrogen-bond donors (Lipinski definition) is 2. The predicted molar refractivity (Wildman–Crippen MR) is 77.1 cm³/mol. The Bertz CT molecular complexity index is 468. The van der Waals surface area contributed by atoms with Crippen molar-refractivity contribution >= 4 is 11.6 Å². The highest BCUT2D eigenvalue weighted by Crippen LogP contribution is 2.44. The highest BCUT2D eigenvalue weighted by Gasteiger charge is 2.34. The number of primary amides is 1. The van der Waals surface area contributed by atoms with E-state index in [-0.39, 0.29) is 5.91 Å². The lowest BCUT2D eigenvalue weighted by Gasteiger charge is -2.30. The van der Waals surface area contributed by atoms with E-state index in [1.54, 1.807) is 6.07 Å². The molecule has 0 spiro atoms. The summed E-state index contributed by atoms with van der Waals surface area (Å²) in [6.07, 6.45) is 8.14. The van der Waals surface area contributed by atoms with Gasteiger partial charge in [0.15, 0.2) is 0 Å². The van der Waals surface area contributed by atoms with E-state index in [9.17, 15) is 4.79 Å². The highest BCUT2D eigenvalue weighted by molar-refractivity contribution is 5.93. The summed E-state index contributed by atoms with van der Waals surface area (Å²) in [5, 5.41) is 3.58. The van der Waals surface area contributed by atoms with Gasteiger partial charge in [-0.2, -0.15) is 0 Å². The van der Waals surface area contributed by atoms with Crippen molar-refractivity contribution in [2.75, 3.05) is 5.32 Å². The van der Waals surface area contributed by atoms with Crippen molar-refractivity contribution in [3.8, 4) is 0 Å². The van der Waals surface area contributed by atoms with Gasteiger partial charge in [0.1, 0.15) is 0 Å². The quantitative estimate of drug-likeness (QED) is 0.871. The fourth-order valence-corrected chi connectivity index (χ4v) is 3.35. The monoisotopic (exact) mass is 258 g/mol. The van der Waals surface area contributed by atoms with Gasteiger partial charge in [-0.15, -0.1) is 0 Å². The van der Waals surface area contributed by atoms with Crippen LogP contribution in [0, 0.1) is 11.8 Å². The van der Waals surface area contributed by atoms with Crippen LogP contribution in [0.5, 0.6) is 0 Å². The van der Waals surface area contributed by atoms with Crippen molar-refractivity contribution in [1.29, 1.82) is 0 Å². The average molecular weight is 258 g/mol. The molecule has 2 saturated carbocycles. The van der Waals surface area contributed by atoms with Gasteiger partial charge in [-0.1, -0.05) is 18.9 Å². The van der Waals surface area contributed by atoms with Crippen LogP contribution in [0.25, 0.3) is 0 Å². The standard InChI is InChI=1S/C16H22N2O/c17-16(19)13-4-2-6-15(10-13)18-14-5-1-3-12(9-14)11-7-8-11/h2,4,6,10-12,14,18H,1,3,5,7-9H2,(H2,17,19). The minimum absolute atomic E-state index is 0.358. The maximum atomic E-state index is 11.2. The van der Waals surface area contributed by atoms with Gasteiger partial charge >= 0.3 is 0 Å². The largest absolute Gasteiger partial charge is 0.382 e. The molecule has 2 aliphatic carbocycles. The van der Waals surface area contributed by atoms with Crippen LogP contribution in [0.2, 0.25) is 0 Å². The van der Waals surface area contributed by atoms with Crippen molar-refractivity contribution in [2.24, 2.45) is 17.6 Å². The van der Waals surface area contributed by atoms with Crippen LogP contribution in [0.1, 0.15) is 48.9 Å². The molecular formula is C16H22N2O. The molecule has 2 atom stereocenters. The molecule has 102 valence electrons. The third kappa shape index (κ3) is 3.09. The minimum Gasteiger partial charge on any atom is -0.382 e. The normalized spacial score (nSPS) is 26.9. The lowest BCUT2D eigenvalue weighted by molar-refractivity contribution is 0.100. The lowest BCUT2D eigenvalue weighted by atomic mass is 9.82. The molecule has 3 heteroatoms. The summed E-state index contributed by atoms with van der Waals surface area (Å²) in [5.74, 6) is 1.57. The number of amides is 1. The van der Waals surface area contributed by atoms with Crippen molar-refractivity contribution in [1.82, 2.24) is 0 Å². The Morgan fingerprint density at radius 3 is 2.74 bits per heavy atom. The van der Waals surface area contributed by atoms with Crippen LogP contribution in [0.3, 0.4) is 0 Å². The first-order chi connectivity index (χ1) is 9.22. The van der Waals surface area contributed by atoms with Gasteiger partial charge in [0, 0.05) is 17.3 Å². The maximum Gasteiger partial charge on any atom is 0.248 e. The number of benzene rings is 1. The fourth-order valence-electron chi connectivity index (χ4n) is 3.35. The molecule has 0 heterocycles. The predicted octanol–water partition coefficient (Wildman–Crippen LogP) is 3.17. The van der Waals surface area contributed by atoms with Crippen LogP contribution >= 0.6 is 0 Å². The van der Waals surface area contributed by atoms with Gasteiger partial charge in [0.2, 0.25) is 5.91 Å². The average Bonchev–Trinajstić information content (AvgIpc) is 3.23. The van der Waals surface area contributed by atoms with E-state index in [2.05, 4.69) is 5.32 Å². The van der Waals surface area contributed by atoms with Gasteiger partial charge in [0.05, 0.1) is 0 Å². The van der Waals surface area contributed by atoms with Crippen LogP contribution in [-0.2, 0) is 0 Å². The zero-order valence-electron chi connectivity index (χ0n) is 11.3. The smallest absolute Gasteiger partial charge is 0.248 e. The molecule has 0 aliphatic heterocycles. The molecular weight excluding hydrogens is 236 g/mol. The number of anilines is 1. The van der Waals surface area contributed by atoms with E-state index in [0.717, 1.165) is 17.5 Å². The first-order valence-electron chi connectivity index (χ1n) is 7.39. The Morgan fingerprint density at radius 2 is 2.00 bits per heavy atom. The van der Waals surface area contributed by atoms with E-state index in [1.807, 2.05) is 18.2 Å². The second-order valence-corrected chi connectivity index (χ2v) is 6.05. The Hall–Kier alpha value is -1.51. The summed E-state index contributed by atoms with van der Waals surface area (Å²) in [4.78, 5) is 11.2. The second-order valence-electron chi connectivity index (χ2n) is 6.05. The lowest BCUT2D eigenvalue weighted by Crippen LogP contribution is -2.28. The van der Waals surface area contributed by atoms with Gasteiger partial charge in [-0.3, -0.25) is 4.79 Å². The second kappa shape index (κ2) is 5.24. The molecule has 2 fully saturated rings. The molecule has 3 nitrogen and oxygen atoms in total. The number of nitrogens with one attached hydrogen (secondary N) is 1. The zero-order valence-corrected chi connectivity index (χ0v) is 11.3. The van der Waals surface area contributed by atoms with Crippen LogP contribution in [0.4, 0.5) is 5.69 Å². The molecule has 1 aromatic carbocycles. The fraction of sp³-hybridized carbons (Fsp3) is 0.562. The number of nitrogens with two attached hydrogens (primary N) is 1. The van der Waals surface area contributed by atoms with Gasteiger partial charge in [-0.05, 0) is 55.7 Å². The molecule has 19 heavy (non-hydrogen) atoms. The maximum absolute atomic E-state index is 11.2. The third-order valence-electron chi connectivity index (χ3n) is 4.52. The van der Waals surface area contributed by atoms with E-state index >= 15 is 0 Å². The summed E-state index contributed by atoms with van der Waals surface area (Å²) < 4.78 is 0. The molecule has 3 rings (SSSR count). The highest BCUT2D eigenvalue weighted by atomic mass is 16.1. The Kier molecular flexibility index (Phi) is 3.45. The van der Waals surface area contributed by atoms with Crippen molar-refractivity contribution < 1.29 is 4.79 Å². The van der Waals surface area contributed by atoms with E-state index < -0.39 is 0 Å². The summed E-state index contributed by atoms with van der Waals surface area (Å²) in [7, 11) is 0. The molecule has 0 radical (unpaired) electrons. The molecule has 2 aliphatic rings. The molecule has 0 saturated heterocycles. The summed E-state index contributed by atoms with van der Waals surface area (Å²) in [6, 6.07) is 8.10. The first kappa shape index (κ1) is 12.5. The van der Waals surface area contributed by atoms with E-state index in [0.29, 0.717) is 11.6 Å². The molecule has 0 aromatic heterocycles. The summed E-state index contributed by atoms with van der Waals surface area (Å²) in [5.41, 5.74) is 6.93. The number of carbonyl (C=O) groups is 1. The van der Waals surface area contributed by atoms with Crippen LogP contribution in [-0.4, -0.2) is 11.9 Å². The van der Waals surface area contributed by atoms with Crippen molar-refractivity contribution in [3.05, 3.63) is 29.8 Å². The molecule has 3 N–H and O–H groups in total. The molecule has 2 unspecified atom stereocenters. The molecule has 0 bridgehead atoms. The number of hydrogen-bond acceptors (Lipinski definition) is 2.